The molecule has 13 heavy (non-hydrogen) atoms. The Bertz CT molecular complexity index is 170. The van der Waals surface area contributed by atoms with Crippen molar-refractivity contribution in [3.05, 3.63) is 0 Å². The average Bonchev–Trinajstić information content (AvgIpc) is 2.03. The molecule has 0 rings (SSSR count). The van der Waals surface area contributed by atoms with Crippen LogP contribution in [0.3, 0.4) is 0 Å². The first-order valence-corrected chi connectivity index (χ1v) is 5.98. The first-order chi connectivity index (χ1) is 5.95. The van der Waals surface area contributed by atoms with Gasteiger partial charge in [0, 0.05) is 34.3 Å². The summed E-state index contributed by atoms with van der Waals surface area (Å²) in [5, 5.41) is 2.91. The summed E-state index contributed by atoms with van der Waals surface area (Å²) in [7, 11) is -0.816. The zero-order valence-electron chi connectivity index (χ0n) is 8.79. The molecule has 1 unspecified atom stereocenters. The number of rotatable bonds is 5. The number of carbonyl (C=O) groups is 1. The zero-order chi connectivity index (χ0) is 10.4. The molecule has 0 aromatic rings. The molecule has 1 amide bonds. The van der Waals surface area contributed by atoms with E-state index in [4.69, 9.17) is 0 Å². The molecule has 0 aliphatic rings. The van der Waals surface area contributed by atoms with Crippen LogP contribution in [-0.4, -0.2) is 27.7 Å². The van der Waals surface area contributed by atoms with Crippen molar-refractivity contribution in [2.45, 2.75) is 32.9 Å². The average molecular weight is 205 g/mol. The van der Waals surface area contributed by atoms with E-state index in [-0.39, 0.29) is 17.1 Å². The highest BCUT2D eigenvalue weighted by Gasteiger charge is 2.08. The summed E-state index contributed by atoms with van der Waals surface area (Å²) >= 11 is 0. The SMILES string of the molecule is CC(C)C(=O)NCCS(=O)C(C)C. The van der Waals surface area contributed by atoms with Crippen LogP contribution in [0.1, 0.15) is 27.7 Å². The molecule has 0 bridgehead atoms. The van der Waals surface area contributed by atoms with Crippen LogP contribution in [0.2, 0.25) is 0 Å². The van der Waals surface area contributed by atoms with Crippen LogP contribution in [0, 0.1) is 5.92 Å². The van der Waals surface area contributed by atoms with Gasteiger partial charge >= 0.3 is 0 Å². The van der Waals surface area contributed by atoms with E-state index >= 15 is 0 Å². The molecular weight excluding hydrogens is 186 g/mol. The van der Waals surface area contributed by atoms with Crippen molar-refractivity contribution in [2.24, 2.45) is 5.92 Å². The predicted molar refractivity (Wildman–Crippen MR) is 56.0 cm³/mol. The van der Waals surface area contributed by atoms with Crippen LogP contribution in [-0.2, 0) is 15.6 Å². The van der Waals surface area contributed by atoms with E-state index in [0.717, 1.165) is 0 Å². The van der Waals surface area contributed by atoms with E-state index in [9.17, 15) is 9.00 Å². The van der Waals surface area contributed by atoms with Crippen molar-refractivity contribution in [3.63, 3.8) is 0 Å². The lowest BCUT2D eigenvalue weighted by molar-refractivity contribution is -0.123. The van der Waals surface area contributed by atoms with Crippen LogP contribution in [0.4, 0.5) is 0 Å². The Morgan fingerprint density at radius 3 is 2.23 bits per heavy atom. The lowest BCUT2D eigenvalue weighted by atomic mass is 10.2. The summed E-state index contributed by atoms with van der Waals surface area (Å²) < 4.78 is 11.3. The predicted octanol–water partition coefficient (Wildman–Crippen LogP) is 0.916. The minimum atomic E-state index is -0.816. The van der Waals surface area contributed by atoms with Gasteiger partial charge in [-0.15, -0.1) is 0 Å². The van der Waals surface area contributed by atoms with E-state index < -0.39 is 10.8 Å². The van der Waals surface area contributed by atoms with Gasteiger partial charge in [0.2, 0.25) is 5.91 Å². The number of carbonyl (C=O) groups excluding carboxylic acids is 1. The molecule has 0 fully saturated rings. The molecule has 1 N–H and O–H groups in total. The van der Waals surface area contributed by atoms with Crippen molar-refractivity contribution < 1.29 is 9.00 Å². The molecule has 3 nitrogen and oxygen atoms in total. The molecule has 0 aliphatic heterocycles. The van der Waals surface area contributed by atoms with Crippen LogP contribution < -0.4 is 5.32 Å². The molecule has 0 saturated carbocycles. The van der Waals surface area contributed by atoms with E-state index in [1.807, 2.05) is 27.7 Å². The maximum atomic E-state index is 11.3. The van der Waals surface area contributed by atoms with E-state index in [2.05, 4.69) is 5.32 Å². The topological polar surface area (TPSA) is 46.2 Å². The summed E-state index contributed by atoms with van der Waals surface area (Å²) in [4.78, 5) is 11.1. The maximum absolute atomic E-state index is 11.3. The highest BCUT2D eigenvalue weighted by Crippen LogP contribution is 1.94. The quantitative estimate of drug-likeness (QED) is 0.725. The normalized spacial score (nSPS) is 13.4. The van der Waals surface area contributed by atoms with Gasteiger partial charge in [-0.05, 0) is 0 Å². The third-order valence-electron chi connectivity index (χ3n) is 1.65. The van der Waals surface area contributed by atoms with Crippen molar-refractivity contribution in [2.75, 3.05) is 12.3 Å². The molecule has 0 aromatic carbocycles. The highest BCUT2D eigenvalue weighted by molar-refractivity contribution is 7.85. The molecule has 0 saturated heterocycles. The van der Waals surface area contributed by atoms with Crippen LogP contribution in [0.25, 0.3) is 0 Å². The second-order valence-corrected chi connectivity index (χ2v) is 5.69. The van der Waals surface area contributed by atoms with Crippen LogP contribution >= 0.6 is 0 Å². The molecule has 1 atom stereocenters. The molecule has 78 valence electrons. The Morgan fingerprint density at radius 1 is 1.31 bits per heavy atom. The van der Waals surface area contributed by atoms with Gasteiger partial charge in [0.15, 0.2) is 0 Å². The summed E-state index contributed by atoms with van der Waals surface area (Å²) in [6, 6.07) is 0. The van der Waals surface area contributed by atoms with Crippen molar-refractivity contribution in [1.82, 2.24) is 5.32 Å². The summed E-state index contributed by atoms with van der Waals surface area (Å²) in [6.45, 7) is 8.03. The van der Waals surface area contributed by atoms with E-state index in [1.54, 1.807) is 0 Å². The van der Waals surface area contributed by atoms with Crippen molar-refractivity contribution in [3.8, 4) is 0 Å². The molecule has 4 heteroatoms. The Labute approximate surface area is 82.7 Å². The highest BCUT2D eigenvalue weighted by atomic mass is 32.2. The Morgan fingerprint density at radius 2 is 1.85 bits per heavy atom. The summed E-state index contributed by atoms with van der Waals surface area (Å²) in [5.74, 6) is 0.587. The van der Waals surface area contributed by atoms with Crippen molar-refractivity contribution >= 4 is 16.7 Å². The van der Waals surface area contributed by atoms with Gasteiger partial charge in [-0.1, -0.05) is 27.7 Å². The van der Waals surface area contributed by atoms with Gasteiger partial charge < -0.3 is 5.32 Å². The van der Waals surface area contributed by atoms with Crippen molar-refractivity contribution in [1.29, 1.82) is 0 Å². The molecule has 0 spiro atoms. The first kappa shape index (κ1) is 12.6. The minimum Gasteiger partial charge on any atom is -0.355 e. The summed E-state index contributed by atoms with van der Waals surface area (Å²) in [5.41, 5.74) is 0. The third kappa shape index (κ3) is 5.80. The van der Waals surface area contributed by atoms with Gasteiger partial charge in [-0.3, -0.25) is 9.00 Å². The largest absolute Gasteiger partial charge is 0.355 e. The second kappa shape index (κ2) is 6.13. The Kier molecular flexibility index (Phi) is 5.95. The van der Waals surface area contributed by atoms with Crippen LogP contribution in [0.5, 0.6) is 0 Å². The first-order valence-electron chi connectivity index (χ1n) is 4.60. The smallest absolute Gasteiger partial charge is 0.222 e. The lowest BCUT2D eigenvalue weighted by Crippen LogP contribution is -2.32. The zero-order valence-corrected chi connectivity index (χ0v) is 9.61. The molecule has 0 aromatic heterocycles. The van der Waals surface area contributed by atoms with E-state index in [1.165, 1.54) is 0 Å². The second-order valence-electron chi connectivity index (χ2n) is 3.58. The van der Waals surface area contributed by atoms with Gasteiger partial charge in [0.25, 0.3) is 0 Å². The van der Waals surface area contributed by atoms with Gasteiger partial charge in [-0.25, -0.2) is 0 Å². The molecule has 0 heterocycles. The lowest BCUT2D eigenvalue weighted by Gasteiger charge is -2.08. The van der Waals surface area contributed by atoms with Gasteiger partial charge in [0.05, 0.1) is 0 Å². The molecule has 0 radical (unpaired) electrons. The standard InChI is InChI=1S/C9H19NO2S/c1-7(2)9(11)10-5-6-13(12)8(3)4/h7-8H,5-6H2,1-4H3,(H,10,11). The maximum Gasteiger partial charge on any atom is 0.222 e. The fraction of sp³-hybridized carbons (Fsp3) is 0.889. The Balaban J connectivity index is 3.57. The molecule has 0 aliphatic carbocycles. The third-order valence-corrected chi connectivity index (χ3v) is 3.31. The number of amides is 1. The van der Waals surface area contributed by atoms with Gasteiger partial charge in [0.1, 0.15) is 0 Å². The molecular formula is C9H19NO2S. The fourth-order valence-electron chi connectivity index (χ4n) is 0.715. The van der Waals surface area contributed by atoms with E-state index in [0.29, 0.717) is 12.3 Å². The van der Waals surface area contributed by atoms with Crippen LogP contribution in [0.15, 0.2) is 0 Å². The number of hydrogen-bond donors (Lipinski definition) is 1. The fourth-order valence-corrected chi connectivity index (χ4v) is 1.49. The minimum absolute atomic E-state index is 0.00693. The number of nitrogens with one attached hydrogen (secondary N) is 1. The monoisotopic (exact) mass is 205 g/mol. The Hall–Kier alpha value is -0.380. The summed E-state index contributed by atoms with van der Waals surface area (Å²) in [6.07, 6.45) is 0. The number of hydrogen-bond acceptors (Lipinski definition) is 2. The van der Waals surface area contributed by atoms with Gasteiger partial charge in [-0.2, -0.15) is 0 Å².